The molecule has 2 heterocycles. The highest BCUT2D eigenvalue weighted by Gasteiger charge is 2.50. The number of benzene rings is 8. The number of hydrogen-bond acceptors (Lipinski definition) is 3. The van der Waals surface area contributed by atoms with Crippen molar-refractivity contribution in [1.29, 1.82) is 0 Å². The summed E-state index contributed by atoms with van der Waals surface area (Å²) < 4.78 is 2.63. The molecule has 0 N–H and O–H groups in total. The molecule has 3 aliphatic rings. The van der Waals surface area contributed by atoms with Gasteiger partial charge in [0.25, 0.3) is 0 Å². The molecule has 1 aliphatic heterocycles. The van der Waals surface area contributed by atoms with Crippen molar-refractivity contribution in [3.05, 3.63) is 209 Å². The summed E-state index contributed by atoms with van der Waals surface area (Å²) in [6, 6.07) is 66.5. The van der Waals surface area contributed by atoms with Crippen molar-refractivity contribution in [3.8, 4) is 22.3 Å². The Balaban J connectivity index is 1.14. The fraction of sp³-hybridized carbons (Fsp3) is 0.0769. The molecule has 0 fully saturated rings. The van der Waals surface area contributed by atoms with Crippen LogP contribution in [0.25, 0.3) is 42.4 Å². The lowest BCUT2D eigenvalue weighted by Gasteiger charge is -2.40. The number of thiophene rings is 1. The summed E-state index contributed by atoms with van der Waals surface area (Å²) in [5.74, 6) is 0. The second-order valence-corrected chi connectivity index (χ2v) is 17.8. The smallest absolute Gasteiger partial charge is 0.0736 e. The Kier molecular flexibility index (Phi) is 6.49. The fourth-order valence-electron chi connectivity index (χ4n) is 10.1. The van der Waals surface area contributed by atoms with E-state index in [0.29, 0.717) is 0 Å². The molecule has 2 aliphatic carbocycles. The van der Waals surface area contributed by atoms with Gasteiger partial charge in [0.2, 0.25) is 0 Å². The summed E-state index contributed by atoms with van der Waals surface area (Å²) in [5.41, 5.74) is 16.4. The largest absolute Gasteiger partial charge is 0.310 e. The summed E-state index contributed by atoms with van der Waals surface area (Å²) in [6.45, 7) is 4.75. The number of nitrogens with zero attached hydrogens (tertiary/aromatic N) is 1. The molecule has 1 aromatic heterocycles. The Hall–Kier alpha value is -5.87. The molecule has 1 nitrogen and oxygen atoms in total. The van der Waals surface area contributed by atoms with Crippen molar-refractivity contribution in [2.24, 2.45) is 0 Å². The molecule has 8 aromatic carbocycles. The van der Waals surface area contributed by atoms with Crippen molar-refractivity contribution in [2.75, 3.05) is 4.90 Å². The van der Waals surface area contributed by atoms with Crippen molar-refractivity contribution in [1.82, 2.24) is 0 Å². The average molecular weight is 738 g/mol. The van der Waals surface area contributed by atoms with E-state index in [9.17, 15) is 0 Å². The third-order valence-corrected chi connectivity index (χ3v) is 14.8. The van der Waals surface area contributed by atoms with Gasteiger partial charge in [-0.2, -0.15) is 0 Å². The maximum Gasteiger partial charge on any atom is 0.0736 e. The van der Waals surface area contributed by atoms with E-state index in [1.807, 2.05) is 23.1 Å². The van der Waals surface area contributed by atoms with Crippen molar-refractivity contribution >= 4 is 60.3 Å². The summed E-state index contributed by atoms with van der Waals surface area (Å²) in [5, 5.41) is 2.61. The lowest BCUT2D eigenvalue weighted by Crippen LogP contribution is -2.32. The van der Waals surface area contributed by atoms with Gasteiger partial charge in [0.05, 0.1) is 5.41 Å². The highest BCUT2D eigenvalue weighted by molar-refractivity contribution is 7.99. The van der Waals surface area contributed by atoms with Gasteiger partial charge in [-0.1, -0.05) is 141 Å². The van der Waals surface area contributed by atoms with Crippen LogP contribution in [-0.4, -0.2) is 0 Å². The van der Waals surface area contributed by atoms with Gasteiger partial charge in [0, 0.05) is 52.4 Å². The van der Waals surface area contributed by atoms with E-state index in [0.717, 1.165) is 11.4 Å². The quantitative estimate of drug-likeness (QED) is 0.178. The van der Waals surface area contributed by atoms with Gasteiger partial charge in [0.1, 0.15) is 0 Å². The molecule has 0 amide bonds. The molecular formula is C52H35NS2. The van der Waals surface area contributed by atoms with Crippen molar-refractivity contribution in [2.45, 2.75) is 34.5 Å². The molecule has 0 saturated carbocycles. The zero-order valence-electron chi connectivity index (χ0n) is 30.5. The number of hydrogen-bond donors (Lipinski definition) is 0. The predicted molar refractivity (Wildman–Crippen MR) is 233 cm³/mol. The van der Waals surface area contributed by atoms with Crippen LogP contribution in [0.3, 0.4) is 0 Å². The van der Waals surface area contributed by atoms with E-state index >= 15 is 0 Å². The monoisotopic (exact) mass is 737 g/mol. The zero-order chi connectivity index (χ0) is 36.5. The molecule has 12 rings (SSSR count). The summed E-state index contributed by atoms with van der Waals surface area (Å²) in [7, 11) is 0. The van der Waals surface area contributed by atoms with Crippen LogP contribution in [0.2, 0.25) is 0 Å². The predicted octanol–water partition coefficient (Wildman–Crippen LogP) is 14.7. The van der Waals surface area contributed by atoms with E-state index in [4.69, 9.17) is 0 Å². The van der Waals surface area contributed by atoms with E-state index in [2.05, 4.69) is 195 Å². The zero-order valence-corrected chi connectivity index (χ0v) is 32.1. The maximum atomic E-state index is 2.52. The van der Waals surface area contributed by atoms with Crippen LogP contribution in [0.5, 0.6) is 0 Å². The van der Waals surface area contributed by atoms with Crippen LogP contribution < -0.4 is 4.90 Å². The molecule has 1 spiro atoms. The van der Waals surface area contributed by atoms with E-state index in [-0.39, 0.29) is 5.41 Å². The van der Waals surface area contributed by atoms with Gasteiger partial charge in [-0.25, -0.2) is 0 Å². The lowest BCUT2D eigenvalue weighted by atomic mass is 9.67. The van der Waals surface area contributed by atoms with Gasteiger partial charge in [-0.15, -0.1) is 11.3 Å². The van der Waals surface area contributed by atoms with E-state index < -0.39 is 5.41 Å². The Morgan fingerprint density at radius 3 is 1.60 bits per heavy atom. The highest BCUT2D eigenvalue weighted by Crippen LogP contribution is 2.63. The lowest BCUT2D eigenvalue weighted by molar-refractivity contribution is 0.660. The first-order valence-electron chi connectivity index (χ1n) is 19.1. The molecule has 55 heavy (non-hydrogen) atoms. The SMILES string of the molecule is CC1(C)c2ccccc2-c2ccc(N(c3ccc4c(c3)C3(c5ccccc5Sc5ccccc53)c3ccccc3-4)c3ccc4sc5ccccc5c4c3)cc21. The first kappa shape index (κ1) is 31.5. The summed E-state index contributed by atoms with van der Waals surface area (Å²) in [4.78, 5) is 5.15. The topological polar surface area (TPSA) is 3.24 Å². The molecule has 260 valence electrons. The molecule has 0 unspecified atom stereocenters. The van der Waals surface area contributed by atoms with Gasteiger partial charge in [0.15, 0.2) is 0 Å². The first-order valence-corrected chi connectivity index (χ1v) is 20.7. The van der Waals surface area contributed by atoms with Crippen LogP contribution in [0.1, 0.15) is 47.2 Å². The van der Waals surface area contributed by atoms with Crippen LogP contribution >= 0.6 is 23.1 Å². The molecule has 3 heteroatoms. The molecule has 0 radical (unpaired) electrons. The molecule has 9 aromatic rings. The molecule has 0 bridgehead atoms. The standard InChI is InChI=1S/C52H35NS2/c1-51(2)41-16-6-3-13-35(41)37-26-23-33(30-45(37)51)53(32-25-28-48-40(29-32)39-15-5-10-20-47(39)54-48)34-24-27-38-36-14-4-7-17-42(36)52(46(38)31-34)43-18-8-11-21-49(43)55-50-22-12-9-19-44(50)52/h3-31H,1-2H3. The summed E-state index contributed by atoms with van der Waals surface area (Å²) >= 11 is 3.77. The van der Waals surface area contributed by atoms with E-state index in [1.165, 1.54) is 91.3 Å². The van der Waals surface area contributed by atoms with Gasteiger partial charge in [-0.3, -0.25) is 0 Å². The van der Waals surface area contributed by atoms with E-state index in [1.54, 1.807) is 0 Å². The van der Waals surface area contributed by atoms with Crippen molar-refractivity contribution in [3.63, 3.8) is 0 Å². The number of rotatable bonds is 3. The number of anilines is 3. The van der Waals surface area contributed by atoms with Crippen molar-refractivity contribution < 1.29 is 0 Å². The third-order valence-electron chi connectivity index (χ3n) is 12.5. The average Bonchev–Trinajstić information content (AvgIpc) is 3.82. The Morgan fingerprint density at radius 1 is 0.382 bits per heavy atom. The minimum Gasteiger partial charge on any atom is -0.310 e. The van der Waals surface area contributed by atoms with Crippen LogP contribution in [0, 0.1) is 0 Å². The van der Waals surface area contributed by atoms with Crippen LogP contribution in [-0.2, 0) is 10.8 Å². The van der Waals surface area contributed by atoms with Gasteiger partial charge in [-0.05, 0) is 116 Å². The maximum absolute atomic E-state index is 2.52. The highest BCUT2D eigenvalue weighted by atomic mass is 32.2. The Labute approximate surface area is 329 Å². The second-order valence-electron chi connectivity index (χ2n) is 15.6. The fourth-order valence-corrected chi connectivity index (χ4v) is 12.4. The summed E-state index contributed by atoms with van der Waals surface area (Å²) in [6.07, 6.45) is 0. The third kappa shape index (κ3) is 4.20. The normalized spacial score (nSPS) is 14.9. The Morgan fingerprint density at radius 2 is 0.873 bits per heavy atom. The minimum absolute atomic E-state index is 0.113. The van der Waals surface area contributed by atoms with Gasteiger partial charge >= 0.3 is 0 Å². The first-order chi connectivity index (χ1) is 27.0. The van der Waals surface area contributed by atoms with Crippen LogP contribution in [0.4, 0.5) is 17.1 Å². The van der Waals surface area contributed by atoms with Gasteiger partial charge < -0.3 is 4.90 Å². The Bertz CT molecular complexity index is 3030. The van der Waals surface area contributed by atoms with Crippen LogP contribution in [0.15, 0.2) is 186 Å². The second kappa shape index (κ2) is 11.3. The molecule has 0 atom stereocenters. The molecule has 0 saturated heterocycles. The number of fused-ring (bicyclic) bond motifs is 15. The molecular weight excluding hydrogens is 703 g/mol. The minimum atomic E-state index is -0.443.